The molecule has 0 bridgehead atoms. The average molecular weight is 466 g/mol. The van der Waals surface area contributed by atoms with E-state index >= 15 is 0 Å². The highest BCUT2D eigenvalue weighted by Crippen LogP contribution is 2.38. The predicted octanol–water partition coefficient (Wildman–Crippen LogP) is 4.36. The highest BCUT2D eigenvalue weighted by atomic mass is 35.5. The minimum Gasteiger partial charge on any atom is -0.477 e. The number of esters is 1. The smallest absolute Gasteiger partial charge is 0.345 e. The molecule has 0 saturated carbocycles. The first-order valence-corrected chi connectivity index (χ1v) is 9.27. The first-order chi connectivity index (χ1) is 14.8. The highest BCUT2D eigenvalue weighted by molar-refractivity contribution is 6.39. The summed E-state index contributed by atoms with van der Waals surface area (Å²) in [6, 6.07) is 10.2. The van der Waals surface area contributed by atoms with Gasteiger partial charge in [-0.2, -0.15) is 0 Å². The zero-order chi connectivity index (χ0) is 22.5. The molecule has 1 heterocycles. The lowest BCUT2D eigenvalue weighted by molar-refractivity contribution is -0.385. The fraction of sp³-hybridized carbons (Fsp3) is 0.105. The van der Waals surface area contributed by atoms with Crippen molar-refractivity contribution >= 4 is 46.6 Å². The third-order valence-corrected chi connectivity index (χ3v) is 4.58. The van der Waals surface area contributed by atoms with Crippen molar-refractivity contribution in [1.29, 1.82) is 0 Å². The Morgan fingerprint density at radius 3 is 2.48 bits per heavy atom. The first kappa shape index (κ1) is 22.1. The van der Waals surface area contributed by atoms with Crippen LogP contribution in [0.15, 0.2) is 47.0 Å². The number of carbonyl (C=O) groups excluding carboxylic acids is 2. The van der Waals surface area contributed by atoms with Gasteiger partial charge in [0.1, 0.15) is 5.69 Å². The average Bonchev–Trinajstić information content (AvgIpc) is 3.14. The summed E-state index contributed by atoms with van der Waals surface area (Å²) in [5.41, 5.74) is -0.332. The Hall–Kier alpha value is -3.63. The summed E-state index contributed by atoms with van der Waals surface area (Å²) in [4.78, 5) is 35.0. The number of amides is 1. The summed E-state index contributed by atoms with van der Waals surface area (Å²) in [7, 11) is 1.14. The van der Waals surface area contributed by atoms with Gasteiger partial charge in [-0.25, -0.2) is 4.79 Å². The molecule has 0 atom stereocenters. The maximum Gasteiger partial charge on any atom is 0.345 e. The van der Waals surface area contributed by atoms with Crippen molar-refractivity contribution in [2.75, 3.05) is 19.0 Å². The molecule has 0 radical (unpaired) electrons. The van der Waals surface area contributed by atoms with Crippen LogP contribution in [0.3, 0.4) is 0 Å². The van der Waals surface area contributed by atoms with Crippen molar-refractivity contribution in [3.63, 3.8) is 0 Å². The van der Waals surface area contributed by atoms with Crippen LogP contribution in [0.25, 0.3) is 11.3 Å². The zero-order valence-corrected chi connectivity index (χ0v) is 17.3. The second-order valence-electron chi connectivity index (χ2n) is 5.89. The molecule has 12 heteroatoms. The van der Waals surface area contributed by atoms with E-state index in [1.54, 1.807) is 6.07 Å². The van der Waals surface area contributed by atoms with Crippen molar-refractivity contribution in [2.24, 2.45) is 0 Å². The van der Waals surface area contributed by atoms with E-state index in [4.69, 9.17) is 37.2 Å². The van der Waals surface area contributed by atoms with Gasteiger partial charge in [0.05, 0.1) is 22.1 Å². The number of rotatable bonds is 7. The molecule has 31 heavy (non-hydrogen) atoms. The maximum atomic E-state index is 12.3. The Kier molecular flexibility index (Phi) is 6.73. The van der Waals surface area contributed by atoms with Gasteiger partial charge in [-0.05, 0) is 18.2 Å². The molecule has 2 aromatic carbocycles. The third kappa shape index (κ3) is 4.76. The molecule has 1 amide bonds. The molecule has 0 fully saturated rings. The fourth-order valence-corrected chi connectivity index (χ4v) is 3.17. The van der Waals surface area contributed by atoms with Crippen molar-refractivity contribution in [3.8, 4) is 17.0 Å². The van der Waals surface area contributed by atoms with Crippen LogP contribution in [0.2, 0.25) is 10.0 Å². The lowest BCUT2D eigenvalue weighted by Crippen LogP contribution is -2.21. The van der Waals surface area contributed by atoms with E-state index in [-0.39, 0.29) is 44.2 Å². The van der Waals surface area contributed by atoms with Crippen molar-refractivity contribution < 1.29 is 28.5 Å². The molecule has 1 N–H and O–H groups in total. The topological polar surface area (TPSA) is 134 Å². The van der Waals surface area contributed by atoms with Gasteiger partial charge in [0.15, 0.2) is 17.9 Å². The van der Waals surface area contributed by atoms with Crippen molar-refractivity contribution in [2.45, 2.75) is 0 Å². The van der Waals surface area contributed by atoms with Gasteiger partial charge in [0.25, 0.3) is 5.91 Å². The fourth-order valence-electron chi connectivity index (χ4n) is 2.60. The van der Waals surface area contributed by atoms with E-state index in [1.807, 2.05) is 0 Å². The number of anilines is 1. The van der Waals surface area contributed by atoms with Crippen LogP contribution in [0.5, 0.6) is 5.75 Å². The molecular weight excluding hydrogens is 453 g/mol. The molecule has 3 aromatic rings. The summed E-state index contributed by atoms with van der Waals surface area (Å²) in [6.45, 7) is -0.603. The normalized spacial score (nSPS) is 10.4. The number of benzene rings is 2. The van der Waals surface area contributed by atoms with Crippen LogP contribution < -0.4 is 10.1 Å². The Morgan fingerprint density at radius 1 is 1.16 bits per heavy atom. The number of nitro benzene ring substituents is 1. The molecule has 3 rings (SSSR count). The summed E-state index contributed by atoms with van der Waals surface area (Å²) in [6.07, 6.45) is 0. The number of ether oxygens (including phenoxy) is 2. The summed E-state index contributed by atoms with van der Waals surface area (Å²) >= 11 is 12.4. The summed E-state index contributed by atoms with van der Waals surface area (Å²) in [5, 5.41) is 17.5. The van der Waals surface area contributed by atoms with Crippen molar-refractivity contribution in [1.82, 2.24) is 5.16 Å². The number of para-hydroxylation sites is 2. The zero-order valence-electron chi connectivity index (χ0n) is 15.8. The molecule has 0 aliphatic carbocycles. The molecule has 10 nitrogen and oxygen atoms in total. The maximum absolute atomic E-state index is 12.3. The first-order valence-electron chi connectivity index (χ1n) is 8.52. The van der Waals surface area contributed by atoms with E-state index in [1.165, 1.54) is 36.4 Å². The monoisotopic (exact) mass is 465 g/mol. The Morgan fingerprint density at radius 2 is 1.84 bits per heavy atom. The number of halogens is 2. The number of nitrogens with one attached hydrogen (secondary N) is 1. The molecule has 160 valence electrons. The number of nitrogens with zero attached hydrogens (tertiary/aromatic N) is 2. The number of aromatic nitrogens is 1. The van der Waals surface area contributed by atoms with Crippen LogP contribution in [-0.4, -0.2) is 35.7 Å². The molecule has 0 spiro atoms. The number of methoxy groups -OCH3 is 1. The molecule has 1 aromatic heterocycles. The molecular formula is C19H13Cl2N3O7. The van der Waals surface area contributed by atoms with E-state index in [2.05, 4.69) is 10.5 Å². The predicted molar refractivity (Wildman–Crippen MR) is 111 cm³/mol. The molecule has 0 unspecified atom stereocenters. The van der Waals surface area contributed by atoms with Crippen LogP contribution in [-0.2, 0) is 9.53 Å². The van der Waals surface area contributed by atoms with Gasteiger partial charge in [-0.1, -0.05) is 46.6 Å². The summed E-state index contributed by atoms with van der Waals surface area (Å²) < 4.78 is 15.1. The van der Waals surface area contributed by atoms with E-state index in [0.717, 1.165) is 7.11 Å². The van der Waals surface area contributed by atoms with Gasteiger partial charge in [-0.15, -0.1) is 0 Å². The second-order valence-corrected chi connectivity index (χ2v) is 6.70. The lowest BCUT2D eigenvalue weighted by atomic mass is 10.1. The standard InChI is InChI=1S/C19H13Cl2N3O7/c1-29-19(26)16-17(15-10(20)5-4-6-11(15)21)23-31-18(16)22-14(25)9-30-13-8-3-2-7-12(13)24(27)28/h2-8H,9H2,1H3,(H,22,25). The Labute approximate surface area is 184 Å². The van der Waals surface area contributed by atoms with Gasteiger partial charge in [-0.3, -0.25) is 20.2 Å². The number of carbonyl (C=O) groups is 2. The summed E-state index contributed by atoms with van der Waals surface area (Å²) in [5.74, 6) is -2.05. The van der Waals surface area contributed by atoms with Gasteiger partial charge in [0, 0.05) is 11.6 Å². The number of hydrogen-bond acceptors (Lipinski definition) is 8. The van der Waals surface area contributed by atoms with E-state index in [0.29, 0.717) is 0 Å². The van der Waals surface area contributed by atoms with Crippen LogP contribution >= 0.6 is 23.2 Å². The number of hydrogen-bond donors (Lipinski definition) is 1. The van der Waals surface area contributed by atoms with E-state index in [9.17, 15) is 19.7 Å². The van der Waals surface area contributed by atoms with Crippen LogP contribution in [0.1, 0.15) is 10.4 Å². The van der Waals surface area contributed by atoms with Crippen LogP contribution in [0.4, 0.5) is 11.6 Å². The van der Waals surface area contributed by atoms with Gasteiger partial charge in [0.2, 0.25) is 5.88 Å². The molecule has 0 aliphatic heterocycles. The van der Waals surface area contributed by atoms with Gasteiger partial charge < -0.3 is 14.0 Å². The second kappa shape index (κ2) is 9.45. The molecule has 0 aliphatic rings. The quantitative estimate of drug-likeness (QED) is 0.308. The third-order valence-electron chi connectivity index (χ3n) is 3.95. The van der Waals surface area contributed by atoms with Crippen molar-refractivity contribution in [3.05, 3.63) is 68.2 Å². The SMILES string of the molecule is COC(=O)c1c(-c2c(Cl)cccc2Cl)noc1NC(=O)COc1ccccc1[N+](=O)[O-]. The minimum atomic E-state index is -0.859. The Balaban J connectivity index is 1.85. The molecule has 0 saturated heterocycles. The van der Waals surface area contributed by atoms with E-state index < -0.39 is 23.4 Å². The van der Waals surface area contributed by atoms with Gasteiger partial charge >= 0.3 is 11.7 Å². The Bertz CT molecular complexity index is 1140. The van der Waals surface area contributed by atoms with Crippen LogP contribution in [0, 0.1) is 10.1 Å². The minimum absolute atomic E-state index is 0.0302. The number of nitro groups is 1. The lowest BCUT2D eigenvalue weighted by Gasteiger charge is -2.08. The largest absolute Gasteiger partial charge is 0.477 e. The highest BCUT2D eigenvalue weighted by Gasteiger charge is 2.29.